The summed E-state index contributed by atoms with van der Waals surface area (Å²) in [6.45, 7) is 6.31. The molecule has 0 fully saturated rings. The van der Waals surface area contributed by atoms with Crippen LogP contribution >= 0.6 is 11.6 Å². The van der Waals surface area contributed by atoms with Crippen LogP contribution in [0.1, 0.15) is 28.7 Å². The average molecular weight is 278 g/mol. The van der Waals surface area contributed by atoms with Crippen LogP contribution in [0.2, 0.25) is 5.02 Å². The van der Waals surface area contributed by atoms with Crippen LogP contribution in [0.25, 0.3) is 0 Å². The number of amides is 1. The molecule has 1 aromatic carbocycles. The Morgan fingerprint density at radius 2 is 1.95 bits per heavy atom. The second-order valence-electron chi connectivity index (χ2n) is 4.38. The lowest BCUT2D eigenvalue weighted by atomic mass is 10.2. The van der Waals surface area contributed by atoms with Crippen LogP contribution in [-0.4, -0.2) is 15.7 Å². The van der Waals surface area contributed by atoms with E-state index in [1.165, 1.54) is 0 Å². The number of halogens is 1. The van der Waals surface area contributed by atoms with E-state index in [1.54, 1.807) is 11.6 Å². The zero-order valence-corrected chi connectivity index (χ0v) is 12.0. The van der Waals surface area contributed by atoms with Crippen molar-refractivity contribution in [1.29, 1.82) is 0 Å². The van der Waals surface area contributed by atoms with E-state index in [9.17, 15) is 4.79 Å². The third-order valence-corrected chi connectivity index (χ3v) is 3.33. The second-order valence-corrected chi connectivity index (χ2v) is 4.76. The molecule has 0 unspecified atom stereocenters. The Morgan fingerprint density at radius 1 is 1.32 bits per heavy atom. The van der Waals surface area contributed by atoms with E-state index in [0.717, 1.165) is 11.3 Å². The number of carbonyl (C=O) groups is 1. The molecule has 2 aromatic rings. The monoisotopic (exact) mass is 277 g/mol. The van der Waals surface area contributed by atoms with E-state index >= 15 is 0 Å². The number of hydrogen-bond donors (Lipinski definition) is 1. The summed E-state index contributed by atoms with van der Waals surface area (Å²) < 4.78 is 1.61. The minimum Gasteiger partial charge on any atom is -0.321 e. The van der Waals surface area contributed by atoms with Crippen molar-refractivity contribution in [3.8, 4) is 0 Å². The summed E-state index contributed by atoms with van der Waals surface area (Å²) in [6.07, 6.45) is 0. The van der Waals surface area contributed by atoms with E-state index < -0.39 is 0 Å². The van der Waals surface area contributed by atoms with Crippen molar-refractivity contribution < 1.29 is 4.79 Å². The summed E-state index contributed by atoms with van der Waals surface area (Å²) in [7, 11) is 0. The first-order valence-electron chi connectivity index (χ1n) is 6.14. The highest BCUT2D eigenvalue weighted by Crippen LogP contribution is 2.21. The van der Waals surface area contributed by atoms with E-state index in [4.69, 9.17) is 11.6 Å². The normalized spacial score (nSPS) is 10.5. The fourth-order valence-electron chi connectivity index (χ4n) is 1.83. The molecule has 0 bridgehead atoms. The van der Waals surface area contributed by atoms with Gasteiger partial charge in [-0.1, -0.05) is 29.3 Å². The van der Waals surface area contributed by atoms with Gasteiger partial charge in [0.2, 0.25) is 0 Å². The highest BCUT2D eigenvalue weighted by atomic mass is 35.5. The molecule has 5 heteroatoms. The Bertz CT molecular complexity index is 602. The molecule has 0 atom stereocenters. The summed E-state index contributed by atoms with van der Waals surface area (Å²) in [6, 6.07) is 7.61. The Morgan fingerprint density at radius 3 is 2.53 bits per heavy atom. The van der Waals surface area contributed by atoms with Crippen LogP contribution in [0.3, 0.4) is 0 Å². The molecule has 19 heavy (non-hydrogen) atoms. The summed E-state index contributed by atoms with van der Waals surface area (Å²) in [5.74, 6) is -0.240. The van der Waals surface area contributed by atoms with Gasteiger partial charge in [-0.25, -0.2) is 0 Å². The Kier molecular flexibility index (Phi) is 3.90. The van der Waals surface area contributed by atoms with Crippen LogP contribution in [-0.2, 0) is 6.54 Å². The van der Waals surface area contributed by atoms with Crippen LogP contribution in [0.5, 0.6) is 0 Å². The second kappa shape index (κ2) is 5.45. The van der Waals surface area contributed by atoms with Crippen molar-refractivity contribution in [2.75, 3.05) is 5.32 Å². The molecule has 0 radical (unpaired) electrons. The van der Waals surface area contributed by atoms with Crippen molar-refractivity contribution in [2.24, 2.45) is 0 Å². The van der Waals surface area contributed by atoms with Gasteiger partial charge in [0.1, 0.15) is 5.69 Å². The molecule has 1 heterocycles. The highest BCUT2D eigenvalue weighted by molar-refractivity contribution is 6.34. The van der Waals surface area contributed by atoms with E-state index in [0.29, 0.717) is 23.0 Å². The fraction of sp³-hybridized carbons (Fsp3) is 0.286. The number of nitrogens with one attached hydrogen (secondary N) is 1. The standard InChI is InChI=1S/C14H16ClN3O/c1-4-18-13(12(15)10(3)17-18)14(19)16-11-7-5-9(2)6-8-11/h5-8H,4H2,1-3H3,(H,16,19). The highest BCUT2D eigenvalue weighted by Gasteiger charge is 2.19. The fourth-order valence-corrected chi connectivity index (χ4v) is 2.05. The maximum absolute atomic E-state index is 12.3. The molecule has 1 aromatic heterocycles. The Balaban J connectivity index is 2.27. The summed E-state index contributed by atoms with van der Waals surface area (Å²) in [5, 5.41) is 7.47. The molecule has 4 nitrogen and oxygen atoms in total. The first-order valence-corrected chi connectivity index (χ1v) is 6.51. The lowest BCUT2D eigenvalue weighted by Gasteiger charge is -2.07. The lowest BCUT2D eigenvalue weighted by Crippen LogP contribution is -2.17. The van der Waals surface area contributed by atoms with Gasteiger partial charge in [-0.05, 0) is 32.9 Å². The quantitative estimate of drug-likeness (QED) is 0.934. The van der Waals surface area contributed by atoms with Gasteiger partial charge in [-0.2, -0.15) is 5.10 Å². The van der Waals surface area contributed by atoms with Gasteiger partial charge >= 0.3 is 0 Å². The van der Waals surface area contributed by atoms with Crippen molar-refractivity contribution in [1.82, 2.24) is 9.78 Å². The summed E-state index contributed by atoms with van der Waals surface area (Å²) >= 11 is 6.13. The number of benzene rings is 1. The van der Waals surface area contributed by atoms with E-state index in [2.05, 4.69) is 10.4 Å². The van der Waals surface area contributed by atoms with Gasteiger partial charge in [0.15, 0.2) is 0 Å². The lowest BCUT2D eigenvalue weighted by molar-refractivity contribution is 0.101. The summed E-state index contributed by atoms with van der Waals surface area (Å²) in [5.41, 5.74) is 2.96. The van der Waals surface area contributed by atoms with Crippen LogP contribution < -0.4 is 5.32 Å². The van der Waals surface area contributed by atoms with Crippen LogP contribution in [0, 0.1) is 13.8 Å². The zero-order valence-electron chi connectivity index (χ0n) is 11.2. The van der Waals surface area contributed by atoms with Gasteiger partial charge < -0.3 is 5.32 Å². The molecule has 1 N–H and O–H groups in total. The van der Waals surface area contributed by atoms with Crippen molar-refractivity contribution >= 4 is 23.2 Å². The van der Waals surface area contributed by atoms with Gasteiger partial charge in [0, 0.05) is 12.2 Å². The largest absolute Gasteiger partial charge is 0.321 e. The predicted molar refractivity (Wildman–Crippen MR) is 76.8 cm³/mol. The SMILES string of the molecule is CCn1nc(C)c(Cl)c1C(=O)Nc1ccc(C)cc1. The number of hydrogen-bond acceptors (Lipinski definition) is 2. The number of aromatic nitrogens is 2. The number of aryl methyl sites for hydroxylation is 3. The first kappa shape index (κ1) is 13.6. The van der Waals surface area contributed by atoms with Gasteiger partial charge in [-0.15, -0.1) is 0 Å². The van der Waals surface area contributed by atoms with Crippen molar-refractivity contribution in [3.63, 3.8) is 0 Å². The summed E-state index contributed by atoms with van der Waals surface area (Å²) in [4.78, 5) is 12.3. The van der Waals surface area contributed by atoms with E-state index in [-0.39, 0.29) is 5.91 Å². The molecule has 0 spiro atoms. The predicted octanol–water partition coefficient (Wildman–Crippen LogP) is 3.43. The smallest absolute Gasteiger partial charge is 0.275 e. The minimum absolute atomic E-state index is 0.240. The number of nitrogens with zero attached hydrogens (tertiary/aromatic N) is 2. The maximum Gasteiger partial charge on any atom is 0.275 e. The average Bonchev–Trinajstić information content (AvgIpc) is 2.68. The third kappa shape index (κ3) is 2.79. The van der Waals surface area contributed by atoms with Gasteiger partial charge in [0.05, 0.1) is 10.7 Å². The molecule has 100 valence electrons. The molecule has 0 saturated heterocycles. The van der Waals surface area contributed by atoms with Crippen LogP contribution in [0.15, 0.2) is 24.3 Å². The molecule has 0 aliphatic heterocycles. The Labute approximate surface area is 117 Å². The molecular weight excluding hydrogens is 262 g/mol. The van der Waals surface area contributed by atoms with Gasteiger partial charge in [-0.3, -0.25) is 9.48 Å². The number of rotatable bonds is 3. The van der Waals surface area contributed by atoms with Gasteiger partial charge in [0.25, 0.3) is 5.91 Å². The number of anilines is 1. The molecular formula is C14H16ClN3O. The molecule has 2 rings (SSSR count). The molecule has 0 aliphatic carbocycles. The van der Waals surface area contributed by atoms with Crippen LogP contribution in [0.4, 0.5) is 5.69 Å². The van der Waals surface area contributed by atoms with Crippen molar-refractivity contribution in [2.45, 2.75) is 27.3 Å². The Hall–Kier alpha value is -1.81. The zero-order chi connectivity index (χ0) is 14.0. The maximum atomic E-state index is 12.3. The third-order valence-electron chi connectivity index (χ3n) is 2.88. The topological polar surface area (TPSA) is 46.9 Å². The molecule has 0 aliphatic rings. The van der Waals surface area contributed by atoms with Crippen molar-refractivity contribution in [3.05, 3.63) is 46.2 Å². The molecule has 1 amide bonds. The number of carbonyl (C=O) groups excluding carboxylic acids is 1. The van der Waals surface area contributed by atoms with E-state index in [1.807, 2.05) is 38.1 Å². The molecule has 0 saturated carbocycles. The first-order chi connectivity index (χ1) is 9.02. The minimum atomic E-state index is -0.240.